The SMILES string of the molecule is CO/C=C/c1c(-c2ccccc2F)ccnc1Cl. The third-order valence-corrected chi connectivity index (χ3v) is 2.78. The minimum absolute atomic E-state index is 0.299. The van der Waals surface area contributed by atoms with Crippen molar-refractivity contribution in [3.05, 3.63) is 59.3 Å². The van der Waals surface area contributed by atoms with Crippen LogP contribution in [0, 0.1) is 5.82 Å². The molecule has 0 amide bonds. The second kappa shape index (κ2) is 5.65. The number of aromatic nitrogens is 1. The molecule has 0 aliphatic carbocycles. The van der Waals surface area contributed by atoms with Crippen LogP contribution in [0.1, 0.15) is 5.56 Å². The number of benzene rings is 1. The number of hydrogen-bond acceptors (Lipinski definition) is 2. The van der Waals surface area contributed by atoms with Gasteiger partial charge in [0.25, 0.3) is 0 Å². The molecule has 0 saturated heterocycles. The number of hydrogen-bond donors (Lipinski definition) is 0. The highest BCUT2D eigenvalue weighted by Gasteiger charge is 2.11. The van der Waals surface area contributed by atoms with Crippen molar-refractivity contribution in [3.8, 4) is 11.1 Å². The van der Waals surface area contributed by atoms with Gasteiger partial charge >= 0.3 is 0 Å². The lowest BCUT2D eigenvalue weighted by molar-refractivity contribution is 0.341. The molecular weight excluding hydrogens is 253 g/mol. The number of ether oxygens (including phenoxy) is 1. The van der Waals surface area contributed by atoms with Crippen LogP contribution in [0.2, 0.25) is 5.15 Å². The normalized spacial score (nSPS) is 10.8. The van der Waals surface area contributed by atoms with Crippen molar-refractivity contribution in [2.75, 3.05) is 7.11 Å². The van der Waals surface area contributed by atoms with Crippen LogP contribution in [0.3, 0.4) is 0 Å². The largest absolute Gasteiger partial charge is 0.504 e. The molecule has 1 aromatic carbocycles. The molecule has 0 aliphatic rings. The van der Waals surface area contributed by atoms with E-state index < -0.39 is 0 Å². The maximum atomic E-state index is 13.8. The van der Waals surface area contributed by atoms with Crippen LogP contribution in [0.5, 0.6) is 0 Å². The van der Waals surface area contributed by atoms with E-state index in [4.69, 9.17) is 16.3 Å². The summed E-state index contributed by atoms with van der Waals surface area (Å²) in [5, 5.41) is 0.309. The molecule has 0 saturated carbocycles. The average Bonchev–Trinajstić information content (AvgIpc) is 2.38. The van der Waals surface area contributed by atoms with Crippen LogP contribution in [0.4, 0.5) is 4.39 Å². The summed E-state index contributed by atoms with van der Waals surface area (Å²) in [4.78, 5) is 3.98. The molecule has 4 heteroatoms. The molecule has 2 aromatic rings. The van der Waals surface area contributed by atoms with E-state index >= 15 is 0 Å². The number of halogens is 2. The van der Waals surface area contributed by atoms with Gasteiger partial charge in [0.05, 0.1) is 13.4 Å². The summed E-state index contributed by atoms with van der Waals surface area (Å²) in [7, 11) is 1.53. The zero-order valence-electron chi connectivity index (χ0n) is 9.73. The Morgan fingerprint density at radius 3 is 2.72 bits per heavy atom. The fourth-order valence-corrected chi connectivity index (χ4v) is 1.88. The highest BCUT2D eigenvalue weighted by atomic mass is 35.5. The highest BCUT2D eigenvalue weighted by Crippen LogP contribution is 2.30. The first-order chi connectivity index (χ1) is 8.74. The van der Waals surface area contributed by atoms with E-state index in [-0.39, 0.29) is 5.82 Å². The van der Waals surface area contributed by atoms with Gasteiger partial charge in [0, 0.05) is 17.3 Å². The summed E-state index contributed by atoms with van der Waals surface area (Å²) in [5.41, 5.74) is 1.80. The highest BCUT2D eigenvalue weighted by molar-refractivity contribution is 6.31. The van der Waals surface area contributed by atoms with Gasteiger partial charge in [-0.25, -0.2) is 9.37 Å². The first-order valence-corrected chi connectivity index (χ1v) is 5.70. The van der Waals surface area contributed by atoms with E-state index in [1.165, 1.54) is 19.4 Å². The predicted octanol–water partition coefficient (Wildman–Crippen LogP) is 4.16. The van der Waals surface area contributed by atoms with E-state index in [0.717, 1.165) is 0 Å². The molecule has 0 spiro atoms. The monoisotopic (exact) mass is 263 g/mol. The zero-order chi connectivity index (χ0) is 13.0. The van der Waals surface area contributed by atoms with Crippen molar-refractivity contribution in [3.63, 3.8) is 0 Å². The van der Waals surface area contributed by atoms with Crippen molar-refractivity contribution in [1.29, 1.82) is 0 Å². The van der Waals surface area contributed by atoms with E-state index in [1.807, 2.05) is 0 Å². The Morgan fingerprint density at radius 1 is 1.22 bits per heavy atom. The molecule has 0 fully saturated rings. The molecule has 92 valence electrons. The van der Waals surface area contributed by atoms with Crippen molar-refractivity contribution >= 4 is 17.7 Å². The Labute approximate surface area is 110 Å². The molecule has 0 atom stereocenters. The summed E-state index contributed by atoms with van der Waals surface area (Å²) >= 11 is 6.03. The first-order valence-electron chi connectivity index (χ1n) is 5.33. The Bertz CT molecular complexity index is 584. The smallest absolute Gasteiger partial charge is 0.136 e. The van der Waals surface area contributed by atoms with Gasteiger partial charge in [0.15, 0.2) is 0 Å². The predicted molar refractivity (Wildman–Crippen MR) is 70.7 cm³/mol. The molecule has 0 N–H and O–H groups in total. The summed E-state index contributed by atoms with van der Waals surface area (Å²) in [6.45, 7) is 0. The van der Waals surface area contributed by atoms with Gasteiger partial charge in [-0.3, -0.25) is 0 Å². The van der Waals surface area contributed by atoms with Crippen LogP contribution in [-0.2, 0) is 4.74 Å². The first kappa shape index (κ1) is 12.6. The summed E-state index contributed by atoms with van der Waals surface area (Å²) in [5.74, 6) is -0.299. The maximum Gasteiger partial charge on any atom is 0.136 e. The van der Waals surface area contributed by atoms with Crippen LogP contribution in [-0.4, -0.2) is 12.1 Å². The number of methoxy groups -OCH3 is 1. The van der Waals surface area contributed by atoms with Crippen LogP contribution in [0.25, 0.3) is 17.2 Å². The molecule has 18 heavy (non-hydrogen) atoms. The summed E-state index contributed by atoms with van der Waals surface area (Å²) in [6, 6.07) is 8.25. The molecular formula is C14H11ClFNO. The molecule has 1 heterocycles. The number of nitrogens with zero attached hydrogens (tertiary/aromatic N) is 1. The number of rotatable bonds is 3. The van der Waals surface area contributed by atoms with Crippen molar-refractivity contribution in [2.45, 2.75) is 0 Å². The van der Waals surface area contributed by atoms with Gasteiger partial charge in [-0.1, -0.05) is 29.8 Å². The van der Waals surface area contributed by atoms with Crippen molar-refractivity contribution in [2.24, 2.45) is 0 Å². The van der Waals surface area contributed by atoms with Crippen LogP contribution >= 0.6 is 11.6 Å². The molecule has 0 unspecified atom stereocenters. The lowest BCUT2D eigenvalue weighted by atomic mass is 10.0. The Hall–Kier alpha value is -1.87. The van der Waals surface area contributed by atoms with E-state index in [9.17, 15) is 4.39 Å². The van der Waals surface area contributed by atoms with E-state index in [0.29, 0.717) is 21.8 Å². The lowest BCUT2D eigenvalue weighted by Crippen LogP contribution is -1.90. The van der Waals surface area contributed by atoms with Gasteiger partial charge in [0.2, 0.25) is 0 Å². The molecule has 0 aliphatic heterocycles. The average molecular weight is 264 g/mol. The second-order valence-electron chi connectivity index (χ2n) is 3.58. The van der Waals surface area contributed by atoms with Crippen molar-refractivity contribution in [1.82, 2.24) is 4.98 Å². The molecule has 2 nitrogen and oxygen atoms in total. The third-order valence-electron chi connectivity index (χ3n) is 2.48. The fraction of sp³-hybridized carbons (Fsp3) is 0.0714. The fourth-order valence-electron chi connectivity index (χ4n) is 1.66. The Balaban J connectivity index is 2.61. The Morgan fingerprint density at radius 2 is 2.00 bits per heavy atom. The minimum Gasteiger partial charge on any atom is -0.504 e. The quantitative estimate of drug-likeness (QED) is 0.613. The second-order valence-corrected chi connectivity index (χ2v) is 3.94. The van der Waals surface area contributed by atoms with Crippen LogP contribution in [0.15, 0.2) is 42.8 Å². The summed E-state index contributed by atoms with van der Waals surface area (Å²) in [6.07, 6.45) is 4.69. The standard InChI is InChI=1S/C14H11ClFNO/c1-18-9-7-12-10(6-8-17-14(12)15)11-4-2-3-5-13(11)16/h2-9H,1H3/b9-7+. The van der Waals surface area contributed by atoms with Crippen LogP contribution < -0.4 is 0 Å². The topological polar surface area (TPSA) is 22.1 Å². The van der Waals surface area contributed by atoms with Gasteiger partial charge in [-0.2, -0.15) is 0 Å². The van der Waals surface area contributed by atoms with Gasteiger partial charge < -0.3 is 4.74 Å². The zero-order valence-corrected chi connectivity index (χ0v) is 10.5. The van der Waals surface area contributed by atoms with Crippen molar-refractivity contribution < 1.29 is 9.13 Å². The molecule has 0 radical (unpaired) electrons. The van der Waals surface area contributed by atoms with Gasteiger partial charge in [-0.05, 0) is 23.8 Å². The van der Waals surface area contributed by atoms with E-state index in [1.54, 1.807) is 36.5 Å². The number of pyridine rings is 1. The van der Waals surface area contributed by atoms with Gasteiger partial charge in [-0.15, -0.1) is 0 Å². The minimum atomic E-state index is -0.299. The van der Waals surface area contributed by atoms with E-state index in [2.05, 4.69) is 4.98 Å². The molecule has 0 bridgehead atoms. The lowest BCUT2D eigenvalue weighted by Gasteiger charge is -2.08. The van der Waals surface area contributed by atoms with Gasteiger partial charge in [0.1, 0.15) is 11.0 Å². The maximum absolute atomic E-state index is 13.8. The third kappa shape index (κ3) is 2.51. The summed E-state index contributed by atoms with van der Waals surface area (Å²) < 4.78 is 18.7. The molecule has 1 aromatic heterocycles. The molecule has 2 rings (SSSR count). The Kier molecular flexibility index (Phi) is 3.95.